The fourth-order valence-corrected chi connectivity index (χ4v) is 2.18. The molecular weight excluding hydrogens is 240 g/mol. The maximum atomic E-state index is 12.0. The molecule has 0 atom stereocenters. The molecule has 1 aromatic carbocycles. The van der Waals surface area contributed by atoms with Crippen LogP contribution in [-0.2, 0) is 4.79 Å². The van der Waals surface area contributed by atoms with Crippen molar-refractivity contribution in [3.8, 4) is 0 Å². The highest BCUT2D eigenvalue weighted by molar-refractivity contribution is 6.24. The molecule has 1 saturated carbocycles. The normalized spacial score (nSPS) is 20.7. The van der Waals surface area contributed by atoms with Gasteiger partial charge in [-0.05, 0) is 25.0 Å². The number of anilines is 1. The number of Topliss-reactive ketones (excluding diaryl/α,β-unsaturated/α-hetero) is 1. The summed E-state index contributed by atoms with van der Waals surface area (Å²) in [6, 6.07) is 7.27. The van der Waals surface area contributed by atoms with Gasteiger partial charge in [0.25, 0.3) is 0 Å². The molecule has 1 aliphatic carbocycles. The number of hydrogen-bond donors (Lipinski definition) is 2. The molecule has 0 bridgehead atoms. The molecule has 19 heavy (non-hydrogen) atoms. The first-order chi connectivity index (χ1) is 9.13. The number of carbonyl (C=O) groups is 1. The Kier molecular flexibility index (Phi) is 4.00. The van der Waals surface area contributed by atoms with Gasteiger partial charge in [0, 0.05) is 12.8 Å². The number of nitrogen functional groups attached to an aromatic ring is 1. The topological polar surface area (TPSA) is 75.7 Å². The highest BCUT2D eigenvalue weighted by Gasteiger charge is 2.24. The molecule has 0 amide bonds. The molecule has 0 radical (unpaired) electrons. The molecular formula is C15H18N2O2. The van der Waals surface area contributed by atoms with Gasteiger partial charge in [0.05, 0.1) is 22.7 Å². The number of rotatable bonds is 2. The Hall–Kier alpha value is -2.10. The Labute approximate surface area is 112 Å². The monoisotopic (exact) mass is 258 g/mol. The lowest BCUT2D eigenvalue weighted by molar-refractivity contribution is -0.115. The summed E-state index contributed by atoms with van der Waals surface area (Å²) in [7, 11) is 0. The molecule has 4 heteroatoms. The van der Waals surface area contributed by atoms with Crippen LogP contribution in [0, 0.1) is 0 Å². The summed E-state index contributed by atoms with van der Waals surface area (Å²) < 4.78 is 0. The van der Waals surface area contributed by atoms with E-state index in [0.29, 0.717) is 41.9 Å². The minimum atomic E-state index is -0.0288. The van der Waals surface area contributed by atoms with Crippen molar-refractivity contribution in [3.63, 3.8) is 0 Å². The van der Waals surface area contributed by atoms with Gasteiger partial charge in [0.15, 0.2) is 5.78 Å². The van der Waals surface area contributed by atoms with Crippen LogP contribution < -0.4 is 5.73 Å². The van der Waals surface area contributed by atoms with Gasteiger partial charge >= 0.3 is 0 Å². The number of para-hydroxylation sites is 2. The van der Waals surface area contributed by atoms with Gasteiger partial charge in [-0.25, -0.2) is 0 Å². The zero-order valence-electron chi connectivity index (χ0n) is 11.0. The van der Waals surface area contributed by atoms with E-state index in [1.807, 2.05) is 25.1 Å². The molecule has 0 spiro atoms. The summed E-state index contributed by atoms with van der Waals surface area (Å²) in [4.78, 5) is 16.4. The Morgan fingerprint density at radius 1 is 1.37 bits per heavy atom. The van der Waals surface area contributed by atoms with E-state index in [1.165, 1.54) is 0 Å². The first kappa shape index (κ1) is 13.3. The van der Waals surface area contributed by atoms with Gasteiger partial charge in [0.1, 0.15) is 5.76 Å². The van der Waals surface area contributed by atoms with Crippen molar-refractivity contribution in [2.24, 2.45) is 4.99 Å². The maximum absolute atomic E-state index is 12.0. The van der Waals surface area contributed by atoms with Crippen LogP contribution in [0.15, 0.2) is 40.6 Å². The van der Waals surface area contributed by atoms with Crippen molar-refractivity contribution in [1.82, 2.24) is 0 Å². The van der Waals surface area contributed by atoms with Gasteiger partial charge < -0.3 is 10.8 Å². The molecule has 0 heterocycles. The van der Waals surface area contributed by atoms with E-state index in [0.717, 1.165) is 6.42 Å². The van der Waals surface area contributed by atoms with Gasteiger partial charge in [-0.3, -0.25) is 9.79 Å². The molecule has 0 aliphatic heterocycles. The number of aliphatic hydroxyl groups is 1. The lowest BCUT2D eigenvalue weighted by atomic mass is 9.90. The number of allylic oxidation sites excluding steroid dienone is 2. The summed E-state index contributed by atoms with van der Waals surface area (Å²) in [5.41, 5.74) is 8.11. The predicted octanol–water partition coefficient (Wildman–Crippen LogP) is 3.32. The quantitative estimate of drug-likeness (QED) is 0.485. The van der Waals surface area contributed by atoms with E-state index in [9.17, 15) is 9.90 Å². The third-order valence-corrected chi connectivity index (χ3v) is 3.20. The standard InChI is InChI=1S/C15H18N2O2/c1-2-13(18)15-12(8-5-9-14(15)19)17-11-7-4-3-6-10(11)16/h3-4,6-7,18H,2,5,8-9,16H2,1H3. The van der Waals surface area contributed by atoms with E-state index in [2.05, 4.69) is 4.99 Å². The summed E-state index contributed by atoms with van der Waals surface area (Å²) in [6.45, 7) is 1.82. The zero-order valence-corrected chi connectivity index (χ0v) is 11.0. The Morgan fingerprint density at radius 3 is 2.79 bits per heavy atom. The SMILES string of the molecule is CCC(O)=C1C(=O)CCCC1=Nc1ccccc1N. The first-order valence-corrected chi connectivity index (χ1v) is 6.51. The zero-order chi connectivity index (χ0) is 13.8. The number of aliphatic hydroxyl groups excluding tert-OH is 1. The predicted molar refractivity (Wildman–Crippen MR) is 76.8 cm³/mol. The van der Waals surface area contributed by atoms with E-state index in [1.54, 1.807) is 6.07 Å². The second-order valence-corrected chi connectivity index (χ2v) is 4.57. The highest BCUT2D eigenvalue weighted by Crippen LogP contribution is 2.27. The molecule has 1 aromatic rings. The van der Waals surface area contributed by atoms with Crippen LogP contribution in [0.1, 0.15) is 32.6 Å². The van der Waals surface area contributed by atoms with Crippen LogP contribution in [0.25, 0.3) is 0 Å². The number of hydrogen-bond acceptors (Lipinski definition) is 4. The Balaban J connectivity index is 2.47. The fraction of sp³-hybridized carbons (Fsp3) is 0.333. The van der Waals surface area contributed by atoms with Gasteiger partial charge in [-0.15, -0.1) is 0 Å². The molecule has 0 saturated heterocycles. The van der Waals surface area contributed by atoms with Gasteiger partial charge in [-0.1, -0.05) is 19.1 Å². The second kappa shape index (κ2) is 5.69. The fourth-order valence-electron chi connectivity index (χ4n) is 2.18. The van der Waals surface area contributed by atoms with Gasteiger partial charge in [0.2, 0.25) is 0 Å². The Morgan fingerprint density at radius 2 is 2.11 bits per heavy atom. The lowest BCUT2D eigenvalue weighted by Crippen LogP contribution is -2.21. The average molecular weight is 258 g/mol. The number of aliphatic imine (C=N–C) groups is 1. The van der Waals surface area contributed by atoms with Crippen LogP contribution >= 0.6 is 0 Å². The molecule has 100 valence electrons. The van der Waals surface area contributed by atoms with Crippen LogP contribution in [0.3, 0.4) is 0 Å². The third kappa shape index (κ3) is 2.84. The van der Waals surface area contributed by atoms with Crippen LogP contribution in [0.5, 0.6) is 0 Å². The lowest BCUT2D eigenvalue weighted by Gasteiger charge is -2.17. The average Bonchev–Trinajstić information content (AvgIpc) is 2.41. The van der Waals surface area contributed by atoms with E-state index in [-0.39, 0.29) is 11.5 Å². The molecule has 0 unspecified atom stereocenters. The number of ketones is 1. The molecule has 4 nitrogen and oxygen atoms in total. The molecule has 1 aliphatic rings. The van der Waals surface area contributed by atoms with Crippen molar-refractivity contribution < 1.29 is 9.90 Å². The summed E-state index contributed by atoms with van der Waals surface area (Å²) in [5.74, 6) is 0.0943. The van der Waals surface area contributed by atoms with Crippen LogP contribution in [-0.4, -0.2) is 16.6 Å². The van der Waals surface area contributed by atoms with Gasteiger partial charge in [-0.2, -0.15) is 0 Å². The molecule has 3 N–H and O–H groups in total. The van der Waals surface area contributed by atoms with Crippen molar-refractivity contribution in [2.75, 3.05) is 5.73 Å². The molecule has 0 aromatic heterocycles. The van der Waals surface area contributed by atoms with Crippen molar-refractivity contribution in [2.45, 2.75) is 32.6 Å². The van der Waals surface area contributed by atoms with Crippen LogP contribution in [0.2, 0.25) is 0 Å². The van der Waals surface area contributed by atoms with E-state index in [4.69, 9.17) is 5.73 Å². The van der Waals surface area contributed by atoms with Crippen molar-refractivity contribution in [3.05, 3.63) is 35.6 Å². The molecule has 1 fully saturated rings. The van der Waals surface area contributed by atoms with E-state index >= 15 is 0 Å². The largest absolute Gasteiger partial charge is 0.512 e. The number of nitrogens with zero attached hydrogens (tertiary/aromatic N) is 1. The second-order valence-electron chi connectivity index (χ2n) is 4.57. The maximum Gasteiger partial charge on any atom is 0.168 e. The summed E-state index contributed by atoms with van der Waals surface area (Å²) >= 11 is 0. The number of benzene rings is 1. The highest BCUT2D eigenvalue weighted by atomic mass is 16.3. The van der Waals surface area contributed by atoms with E-state index < -0.39 is 0 Å². The molecule has 2 rings (SSSR count). The first-order valence-electron chi connectivity index (χ1n) is 6.51. The third-order valence-electron chi connectivity index (χ3n) is 3.20. The Bertz CT molecular complexity index is 559. The smallest absolute Gasteiger partial charge is 0.168 e. The van der Waals surface area contributed by atoms with Crippen molar-refractivity contribution >= 4 is 22.9 Å². The summed E-state index contributed by atoms with van der Waals surface area (Å²) in [5, 5.41) is 9.92. The minimum Gasteiger partial charge on any atom is -0.512 e. The number of nitrogens with two attached hydrogens (primary N) is 1. The van der Waals surface area contributed by atoms with Crippen molar-refractivity contribution in [1.29, 1.82) is 0 Å². The summed E-state index contributed by atoms with van der Waals surface area (Å²) in [6.07, 6.45) is 2.37. The van der Waals surface area contributed by atoms with Crippen LogP contribution in [0.4, 0.5) is 11.4 Å². The number of carbonyl (C=O) groups excluding carboxylic acids is 1. The minimum absolute atomic E-state index is 0.0288.